The van der Waals surface area contributed by atoms with E-state index in [0.717, 1.165) is 25.3 Å². The molecular weight excluding hydrogens is 188 g/mol. The molecule has 0 aromatic heterocycles. The third-order valence-corrected chi connectivity index (χ3v) is 2.85. The molecule has 1 aliphatic rings. The summed E-state index contributed by atoms with van der Waals surface area (Å²) in [7, 11) is 0. The topological polar surface area (TPSA) is 35.5 Å². The van der Waals surface area contributed by atoms with Crippen molar-refractivity contribution in [1.29, 1.82) is 0 Å². The lowest BCUT2D eigenvalue weighted by Gasteiger charge is -2.29. The standard InChI is InChI=1S/C12H18N2O/c1-9(2)14-7-6-13-8-10-4-3-5-11(15)12(10)14/h3-5,9,13,15H,6-8H2,1-2H3. The second-order valence-corrected chi connectivity index (χ2v) is 4.25. The van der Waals surface area contributed by atoms with Gasteiger partial charge in [-0.15, -0.1) is 0 Å². The van der Waals surface area contributed by atoms with Gasteiger partial charge in [0.05, 0.1) is 5.69 Å². The zero-order valence-corrected chi connectivity index (χ0v) is 9.33. The number of anilines is 1. The Labute approximate surface area is 90.7 Å². The van der Waals surface area contributed by atoms with Gasteiger partial charge in [0.2, 0.25) is 0 Å². The van der Waals surface area contributed by atoms with E-state index in [9.17, 15) is 5.11 Å². The molecule has 1 aromatic rings. The lowest BCUT2D eigenvalue weighted by atomic mass is 10.1. The molecule has 3 nitrogen and oxygen atoms in total. The van der Waals surface area contributed by atoms with Crippen molar-refractivity contribution in [2.75, 3.05) is 18.0 Å². The largest absolute Gasteiger partial charge is 0.506 e. The third kappa shape index (κ3) is 1.92. The third-order valence-electron chi connectivity index (χ3n) is 2.85. The van der Waals surface area contributed by atoms with E-state index in [4.69, 9.17) is 0 Å². The molecule has 0 unspecified atom stereocenters. The number of aromatic hydroxyl groups is 1. The Hall–Kier alpha value is -1.22. The van der Waals surface area contributed by atoms with Crippen LogP contribution in [0.2, 0.25) is 0 Å². The van der Waals surface area contributed by atoms with Gasteiger partial charge in [0.1, 0.15) is 5.75 Å². The minimum atomic E-state index is 0.393. The maximum Gasteiger partial charge on any atom is 0.139 e. The quantitative estimate of drug-likeness (QED) is 0.734. The van der Waals surface area contributed by atoms with E-state index in [2.05, 4.69) is 30.1 Å². The Kier molecular flexibility index (Phi) is 2.82. The molecule has 1 aliphatic heterocycles. The summed E-state index contributed by atoms with van der Waals surface area (Å²) in [5.41, 5.74) is 2.18. The predicted octanol–water partition coefficient (Wildman–Crippen LogP) is 1.71. The van der Waals surface area contributed by atoms with Gasteiger partial charge in [0, 0.05) is 25.7 Å². The second-order valence-electron chi connectivity index (χ2n) is 4.25. The molecule has 2 N–H and O–H groups in total. The minimum absolute atomic E-state index is 0.393. The van der Waals surface area contributed by atoms with Crippen LogP contribution in [-0.4, -0.2) is 24.2 Å². The van der Waals surface area contributed by atoms with E-state index in [1.165, 1.54) is 5.56 Å². The van der Waals surface area contributed by atoms with Crippen LogP contribution < -0.4 is 10.2 Å². The van der Waals surface area contributed by atoms with E-state index in [0.29, 0.717) is 11.8 Å². The zero-order chi connectivity index (χ0) is 10.8. The Balaban J connectivity index is 2.47. The molecule has 0 atom stereocenters. The number of benzene rings is 1. The average Bonchev–Trinajstić information content (AvgIpc) is 2.40. The van der Waals surface area contributed by atoms with Crippen LogP contribution in [0.5, 0.6) is 5.75 Å². The molecule has 82 valence electrons. The normalized spacial score (nSPS) is 16.3. The predicted molar refractivity (Wildman–Crippen MR) is 62.3 cm³/mol. The number of para-hydroxylation sites is 1. The fourth-order valence-corrected chi connectivity index (χ4v) is 2.10. The molecule has 0 radical (unpaired) electrons. The Morgan fingerprint density at radius 3 is 2.93 bits per heavy atom. The monoisotopic (exact) mass is 206 g/mol. The number of hydrogen-bond acceptors (Lipinski definition) is 3. The van der Waals surface area contributed by atoms with Crippen molar-refractivity contribution >= 4 is 5.69 Å². The number of hydrogen-bond donors (Lipinski definition) is 2. The summed E-state index contributed by atoms with van der Waals surface area (Å²) >= 11 is 0. The average molecular weight is 206 g/mol. The molecule has 0 saturated heterocycles. The van der Waals surface area contributed by atoms with Gasteiger partial charge in [-0.1, -0.05) is 12.1 Å². The molecule has 2 rings (SSSR count). The summed E-state index contributed by atoms with van der Waals surface area (Å²) in [5, 5.41) is 13.3. The Morgan fingerprint density at radius 2 is 2.20 bits per heavy atom. The fourth-order valence-electron chi connectivity index (χ4n) is 2.10. The molecule has 0 spiro atoms. The first-order valence-corrected chi connectivity index (χ1v) is 5.48. The van der Waals surface area contributed by atoms with E-state index in [-0.39, 0.29) is 0 Å². The molecule has 1 aromatic carbocycles. The molecule has 0 saturated carbocycles. The van der Waals surface area contributed by atoms with Gasteiger partial charge in [0.25, 0.3) is 0 Å². The highest BCUT2D eigenvalue weighted by molar-refractivity contribution is 5.64. The summed E-state index contributed by atoms with van der Waals surface area (Å²) in [4.78, 5) is 2.25. The summed E-state index contributed by atoms with van der Waals surface area (Å²) in [6, 6.07) is 6.15. The highest BCUT2D eigenvalue weighted by Crippen LogP contribution is 2.33. The van der Waals surface area contributed by atoms with Crippen molar-refractivity contribution in [3.8, 4) is 5.75 Å². The van der Waals surface area contributed by atoms with Gasteiger partial charge < -0.3 is 15.3 Å². The van der Waals surface area contributed by atoms with Crippen LogP contribution in [0.1, 0.15) is 19.4 Å². The first-order chi connectivity index (χ1) is 7.20. The van der Waals surface area contributed by atoms with Crippen LogP contribution in [0.25, 0.3) is 0 Å². The lowest BCUT2D eigenvalue weighted by molar-refractivity contribution is 0.471. The highest BCUT2D eigenvalue weighted by atomic mass is 16.3. The number of phenols is 1. The lowest BCUT2D eigenvalue weighted by Crippen LogP contribution is -2.34. The number of nitrogens with one attached hydrogen (secondary N) is 1. The number of fused-ring (bicyclic) bond motifs is 1. The molecule has 0 fully saturated rings. The van der Waals surface area contributed by atoms with Crippen molar-refractivity contribution in [3.63, 3.8) is 0 Å². The van der Waals surface area contributed by atoms with Gasteiger partial charge in [-0.2, -0.15) is 0 Å². The summed E-state index contributed by atoms with van der Waals surface area (Å²) in [6.45, 7) is 7.06. The summed E-state index contributed by atoms with van der Waals surface area (Å²) in [5.74, 6) is 0.393. The SMILES string of the molecule is CC(C)N1CCNCc2cccc(O)c21. The molecule has 0 amide bonds. The van der Waals surface area contributed by atoms with Crippen molar-refractivity contribution in [1.82, 2.24) is 5.32 Å². The van der Waals surface area contributed by atoms with Crippen molar-refractivity contribution in [2.24, 2.45) is 0 Å². The highest BCUT2D eigenvalue weighted by Gasteiger charge is 2.20. The van der Waals surface area contributed by atoms with Crippen LogP contribution >= 0.6 is 0 Å². The molecule has 1 heterocycles. The molecule has 0 aliphatic carbocycles. The van der Waals surface area contributed by atoms with Crippen LogP contribution in [0.4, 0.5) is 5.69 Å². The van der Waals surface area contributed by atoms with Gasteiger partial charge in [-0.3, -0.25) is 0 Å². The smallest absolute Gasteiger partial charge is 0.139 e. The first kappa shape index (κ1) is 10.3. The van der Waals surface area contributed by atoms with Crippen molar-refractivity contribution in [3.05, 3.63) is 23.8 Å². The van der Waals surface area contributed by atoms with E-state index >= 15 is 0 Å². The number of rotatable bonds is 1. The van der Waals surface area contributed by atoms with E-state index in [1.54, 1.807) is 6.07 Å². The van der Waals surface area contributed by atoms with Crippen LogP contribution in [0.3, 0.4) is 0 Å². The van der Waals surface area contributed by atoms with Gasteiger partial charge in [-0.25, -0.2) is 0 Å². The summed E-state index contributed by atoms with van der Waals surface area (Å²) < 4.78 is 0. The van der Waals surface area contributed by atoms with E-state index < -0.39 is 0 Å². The van der Waals surface area contributed by atoms with Gasteiger partial charge >= 0.3 is 0 Å². The fraction of sp³-hybridized carbons (Fsp3) is 0.500. The number of nitrogens with zero attached hydrogens (tertiary/aromatic N) is 1. The minimum Gasteiger partial charge on any atom is -0.506 e. The van der Waals surface area contributed by atoms with Gasteiger partial charge in [0.15, 0.2) is 0 Å². The molecular formula is C12H18N2O. The number of phenolic OH excluding ortho intramolecular Hbond substituents is 1. The molecule has 3 heteroatoms. The van der Waals surface area contributed by atoms with Crippen molar-refractivity contribution < 1.29 is 5.11 Å². The van der Waals surface area contributed by atoms with E-state index in [1.807, 2.05) is 6.07 Å². The first-order valence-electron chi connectivity index (χ1n) is 5.48. The van der Waals surface area contributed by atoms with Crippen LogP contribution in [0, 0.1) is 0 Å². The Bertz CT molecular complexity index is 349. The van der Waals surface area contributed by atoms with Crippen molar-refractivity contribution in [2.45, 2.75) is 26.4 Å². The molecule has 15 heavy (non-hydrogen) atoms. The van der Waals surface area contributed by atoms with Gasteiger partial charge in [-0.05, 0) is 25.5 Å². The summed E-state index contributed by atoms with van der Waals surface area (Å²) in [6.07, 6.45) is 0. The second kappa shape index (κ2) is 4.11. The Morgan fingerprint density at radius 1 is 1.40 bits per heavy atom. The maximum atomic E-state index is 9.93. The zero-order valence-electron chi connectivity index (χ0n) is 9.33. The van der Waals surface area contributed by atoms with Crippen LogP contribution in [-0.2, 0) is 6.54 Å². The maximum absolute atomic E-state index is 9.93. The molecule has 0 bridgehead atoms. The van der Waals surface area contributed by atoms with Crippen LogP contribution in [0.15, 0.2) is 18.2 Å².